The van der Waals surface area contributed by atoms with Gasteiger partial charge < -0.3 is 0 Å². The predicted molar refractivity (Wildman–Crippen MR) is 95.6 cm³/mol. The van der Waals surface area contributed by atoms with Crippen LogP contribution < -0.4 is 4.72 Å². The number of aromatic nitrogens is 3. The second-order valence-corrected chi connectivity index (χ2v) is 7.82. The zero-order valence-corrected chi connectivity index (χ0v) is 15.4. The number of hydrogen-bond acceptors (Lipinski definition) is 4. The molecule has 0 saturated carbocycles. The van der Waals surface area contributed by atoms with E-state index in [0.29, 0.717) is 24.1 Å². The molecule has 0 aliphatic heterocycles. The summed E-state index contributed by atoms with van der Waals surface area (Å²) in [5.41, 5.74) is 2.23. The van der Waals surface area contributed by atoms with Crippen molar-refractivity contribution in [1.82, 2.24) is 19.9 Å². The minimum atomic E-state index is -4.16. The van der Waals surface area contributed by atoms with Gasteiger partial charge in [0.15, 0.2) is 5.82 Å². The Morgan fingerprint density at radius 3 is 2.74 bits per heavy atom. The van der Waals surface area contributed by atoms with Crippen LogP contribution in [0, 0.1) is 18.6 Å². The fraction of sp³-hybridized carbons (Fsp3) is 0.222. The number of aromatic amines is 1. The first-order valence-electron chi connectivity index (χ1n) is 8.24. The fourth-order valence-electron chi connectivity index (χ4n) is 2.60. The lowest BCUT2D eigenvalue weighted by atomic mass is 10.1. The largest absolute Gasteiger partial charge is 0.263 e. The molecule has 0 saturated heterocycles. The van der Waals surface area contributed by atoms with Gasteiger partial charge in [0.2, 0.25) is 10.0 Å². The predicted octanol–water partition coefficient (Wildman–Crippen LogP) is 2.50. The smallest absolute Gasteiger partial charge is 0.243 e. The molecule has 2 aromatic carbocycles. The van der Waals surface area contributed by atoms with Gasteiger partial charge in [-0.1, -0.05) is 29.8 Å². The van der Waals surface area contributed by atoms with Gasteiger partial charge in [-0.3, -0.25) is 5.10 Å². The van der Waals surface area contributed by atoms with Crippen molar-refractivity contribution in [1.29, 1.82) is 0 Å². The van der Waals surface area contributed by atoms with E-state index in [1.165, 1.54) is 0 Å². The Morgan fingerprint density at radius 2 is 1.96 bits per heavy atom. The Morgan fingerprint density at radius 1 is 1.15 bits per heavy atom. The summed E-state index contributed by atoms with van der Waals surface area (Å²) >= 11 is 0. The van der Waals surface area contributed by atoms with Gasteiger partial charge >= 0.3 is 0 Å². The first-order chi connectivity index (χ1) is 12.8. The lowest BCUT2D eigenvalue weighted by Crippen LogP contribution is -2.27. The number of benzene rings is 2. The van der Waals surface area contributed by atoms with E-state index < -0.39 is 26.6 Å². The Bertz CT molecular complexity index is 1050. The van der Waals surface area contributed by atoms with Gasteiger partial charge in [0.25, 0.3) is 0 Å². The van der Waals surface area contributed by atoms with E-state index in [0.717, 1.165) is 23.3 Å². The summed E-state index contributed by atoms with van der Waals surface area (Å²) in [5, 5.41) is 6.88. The molecule has 27 heavy (non-hydrogen) atoms. The lowest BCUT2D eigenvalue weighted by molar-refractivity contribution is 0.545. The number of halogens is 2. The number of H-pyrrole nitrogens is 1. The number of nitrogens with one attached hydrogen (secondary N) is 2. The maximum Gasteiger partial charge on any atom is 0.243 e. The van der Waals surface area contributed by atoms with Crippen molar-refractivity contribution in [3.63, 3.8) is 0 Å². The fourth-order valence-corrected chi connectivity index (χ4v) is 3.72. The Hall–Kier alpha value is -2.65. The van der Waals surface area contributed by atoms with E-state index in [2.05, 4.69) is 19.9 Å². The highest BCUT2D eigenvalue weighted by atomic mass is 32.2. The van der Waals surface area contributed by atoms with Crippen LogP contribution in [0.3, 0.4) is 0 Å². The first kappa shape index (κ1) is 19.1. The molecule has 0 spiro atoms. The maximum absolute atomic E-state index is 13.6. The summed E-state index contributed by atoms with van der Waals surface area (Å²) in [5.74, 6) is -0.747. The SMILES string of the molecule is Cc1cccc(Cc2nc(CCNS(=O)(=O)c3cc(F)ccc3F)n[nH]2)c1. The monoisotopic (exact) mass is 392 g/mol. The average Bonchev–Trinajstić information content (AvgIpc) is 3.04. The minimum absolute atomic E-state index is 0.0416. The van der Waals surface area contributed by atoms with Crippen LogP contribution in [0.1, 0.15) is 22.8 Å². The quantitative estimate of drug-likeness (QED) is 0.647. The molecule has 0 bridgehead atoms. The number of aryl methyl sites for hydroxylation is 1. The van der Waals surface area contributed by atoms with Gasteiger partial charge in [0.1, 0.15) is 22.4 Å². The molecule has 2 N–H and O–H groups in total. The average molecular weight is 392 g/mol. The van der Waals surface area contributed by atoms with Gasteiger partial charge in [0.05, 0.1) is 0 Å². The number of nitrogens with zero attached hydrogens (tertiary/aromatic N) is 2. The van der Waals surface area contributed by atoms with E-state index in [-0.39, 0.29) is 13.0 Å². The summed E-state index contributed by atoms with van der Waals surface area (Å²) < 4.78 is 53.3. The summed E-state index contributed by atoms with van der Waals surface area (Å²) in [6, 6.07) is 10.3. The zero-order valence-electron chi connectivity index (χ0n) is 14.5. The van der Waals surface area contributed by atoms with E-state index in [4.69, 9.17) is 0 Å². The van der Waals surface area contributed by atoms with Gasteiger partial charge in [-0.2, -0.15) is 5.10 Å². The highest BCUT2D eigenvalue weighted by molar-refractivity contribution is 7.89. The molecule has 3 rings (SSSR count). The van der Waals surface area contributed by atoms with Gasteiger partial charge in [-0.25, -0.2) is 26.9 Å². The third-order valence-electron chi connectivity index (χ3n) is 3.86. The summed E-state index contributed by atoms with van der Waals surface area (Å²) in [6.07, 6.45) is 0.787. The molecule has 142 valence electrons. The van der Waals surface area contributed by atoms with Gasteiger partial charge in [0, 0.05) is 19.4 Å². The summed E-state index contributed by atoms with van der Waals surface area (Å²) in [4.78, 5) is 3.60. The molecule has 0 unspecified atom stereocenters. The van der Waals surface area contributed by atoms with Crippen LogP contribution in [0.5, 0.6) is 0 Å². The molecule has 3 aromatic rings. The molecule has 0 amide bonds. The Kier molecular flexibility index (Phi) is 5.62. The summed E-state index contributed by atoms with van der Waals surface area (Å²) in [6.45, 7) is 1.96. The van der Waals surface area contributed by atoms with Crippen LogP contribution >= 0.6 is 0 Å². The number of sulfonamides is 1. The first-order valence-corrected chi connectivity index (χ1v) is 9.72. The van der Waals surface area contributed by atoms with Crippen LogP contribution in [-0.4, -0.2) is 30.1 Å². The van der Waals surface area contributed by atoms with Crippen molar-refractivity contribution in [2.45, 2.75) is 24.7 Å². The van der Waals surface area contributed by atoms with Crippen molar-refractivity contribution < 1.29 is 17.2 Å². The standard InChI is InChI=1S/C18H18F2N4O2S/c1-12-3-2-4-13(9-12)10-18-22-17(23-24-18)7-8-21-27(25,26)16-11-14(19)5-6-15(16)20/h2-6,9,11,21H,7-8,10H2,1H3,(H,22,23,24). The molecule has 0 fully saturated rings. The molecule has 9 heteroatoms. The second-order valence-electron chi connectivity index (χ2n) is 6.09. The van der Waals surface area contributed by atoms with Crippen LogP contribution in [0.25, 0.3) is 0 Å². The number of rotatable bonds is 7. The Balaban J connectivity index is 1.59. The summed E-state index contributed by atoms with van der Waals surface area (Å²) in [7, 11) is -4.16. The normalized spacial score (nSPS) is 11.7. The van der Waals surface area contributed by atoms with E-state index in [1.54, 1.807) is 0 Å². The van der Waals surface area contributed by atoms with E-state index in [9.17, 15) is 17.2 Å². The van der Waals surface area contributed by atoms with Crippen molar-refractivity contribution in [3.05, 3.63) is 76.9 Å². The highest BCUT2D eigenvalue weighted by Crippen LogP contribution is 2.15. The molecule has 0 atom stereocenters. The molecule has 6 nitrogen and oxygen atoms in total. The highest BCUT2D eigenvalue weighted by Gasteiger charge is 2.19. The van der Waals surface area contributed by atoms with E-state index in [1.807, 2.05) is 31.2 Å². The molecule has 1 aromatic heterocycles. The molecule has 0 aliphatic carbocycles. The maximum atomic E-state index is 13.6. The van der Waals surface area contributed by atoms with Crippen molar-refractivity contribution in [3.8, 4) is 0 Å². The van der Waals surface area contributed by atoms with Crippen LogP contribution in [0.2, 0.25) is 0 Å². The molecular formula is C18H18F2N4O2S. The molecule has 1 heterocycles. The third-order valence-corrected chi connectivity index (χ3v) is 5.33. The topological polar surface area (TPSA) is 87.7 Å². The lowest BCUT2D eigenvalue weighted by Gasteiger charge is -2.06. The number of hydrogen-bond donors (Lipinski definition) is 2. The zero-order chi connectivity index (χ0) is 19.4. The molecule has 0 radical (unpaired) electrons. The van der Waals surface area contributed by atoms with Crippen molar-refractivity contribution in [2.24, 2.45) is 0 Å². The van der Waals surface area contributed by atoms with Crippen molar-refractivity contribution >= 4 is 10.0 Å². The van der Waals surface area contributed by atoms with Crippen LogP contribution in [-0.2, 0) is 22.9 Å². The van der Waals surface area contributed by atoms with E-state index >= 15 is 0 Å². The van der Waals surface area contributed by atoms with Gasteiger partial charge in [-0.05, 0) is 30.7 Å². The molecule has 0 aliphatic rings. The van der Waals surface area contributed by atoms with Gasteiger partial charge in [-0.15, -0.1) is 0 Å². The third kappa shape index (κ3) is 4.95. The van der Waals surface area contributed by atoms with Crippen LogP contribution in [0.15, 0.2) is 47.4 Å². The molecular weight excluding hydrogens is 374 g/mol. The minimum Gasteiger partial charge on any atom is -0.263 e. The van der Waals surface area contributed by atoms with Crippen LogP contribution in [0.4, 0.5) is 8.78 Å². The van der Waals surface area contributed by atoms with Crippen molar-refractivity contribution in [2.75, 3.05) is 6.54 Å². The second kappa shape index (κ2) is 7.93. The Labute approximate surface area is 155 Å².